The molecular weight excluding hydrogens is 335 g/mol. The van der Waals surface area contributed by atoms with E-state index >= 15 is 0 Å². The van der Waals surface area contributed by atoms with Gasteiger partial charge in [-0.1, -0.05) is 17.7 Å². The zero-order valence-electron chi connectivity index (χ0n) is 11.8. The largest absolute Gasteiger partial charge is 0.491 e. The third-order valence-corrected chi connectivity index (χ3v) is 5.23. The van der Waals surface area contributed by atoms with Crippen molar-refractivity contribution in [2.45, 2.75) is 19.8 Å². The molecule has 0 unspecified atom stereocenters. The van der Waals surface area contributed by atoms with E-state index in [0.717, 1.165) is 5.56 Å². The monoisotopic (exact) mass is 352 g/mol. The highest BCUT2D eigenvalue weighted by molar-refractivity contribution is 8.13. The van der Waals surface area contributed by atoms with Crippen LogP contribution in [-0.2, 0) is 13.8 Å². The van der Waals surface area contributed by atoms with Crippen LogP contribution in [0.3, 0.4) is 0 Å². The van der Waals surface area contributed by atoms with Crippen LogP contribution in [0.1, 0.15) is 18.4 Å². The van der Waals surface area contributed by atoms with Crippen molar-refractivity contribution in [1.29, 1.82) is 0 Å². The topological polar surface area (TPSA) is 52.6 Å². The van der Waals surface area contributed by atoms with E-state index in [9.17, 15) is 8.42 Å². The zero-order chi connectivity index (χ0) is 15.5. The van der Waals surface area contributed by atoms with E-state index in [2.05, 4.69) is 0 Å². The molecule has 1 aromatic rings. The maximum atomic E-state index is 11.5. The SMILES string of the molecule is Cc1ccc(OCC2(CS(=O)(=O)Cl)CCOCC2)c(Cl)c1. The molecule has 1 fully saturated rings. The molecule has 0 atom stereocenters. The summed E-state index contributed by atoms with van der Waals surface area (Å²) >= 11 is 6.13. The van der Waals surface area contributed by atoms with Crippen molar-refractivity contribution < 1.29 is 17.9 Å². The molecule has 4 nitrogen and oxygen atoms in total. The van der Waals surface area contributed by atoms with Gasteiger partial charge in [0.1, 0.15) is 5.75 Å². The molecule has 1 aromatic carbocycles. The van der Waals surface area contributed by atoms with E-state index in [1.54, 1.807) is 6.07 Å². The van der Waals surface area contributed by atoms with Crippen LogP contribution in [0.2, 0.25) is 5.02 Å². The third-order valence-electron chi connectivity index (χ3n) is 3.65. The Hall–Kier alpha value is -0.490. The number of halogens is 2. The molecule has 7 heteroatoms. The molecule has 0 amide bonds. The van der Waals surface area contributed by atoms with Crippen LogP contribution in [0.25, 0.3) is 0 Å². The van der Waals surface area contributed by atoms with Crippen molar-refractivity contribution in [1.82, 2.24) is 0 Å². The first-order valence-corrected chi connectivity index (χ1v) is 9.54. The lowest BCUT2D eigenvalue weighted by molar-refractivity contribution is 0.00230. The maximum absolute atomic E-state index is 11.5. The predicted molar refractivity (Wildman–Crippen MR) is 83.8 cm³/mol. The molecule has 2 rings (SSSR count). The molecule has 0 saturated carbocycles. The first-order chi connectivity index (χ1) is 9.80. The number of hydrogen-bond donors (Lipinski definition) is 0. The maximum Gasteiger partial charge on any atom is 0.233 e. The van der Waals surface area contributed by atoms with E-state index in [-0.39, 0.29) is 12.4 Å². The lowest BCUT2D eigenvalue weighted by atomic mass is 9.83. The standard InChI is InChI=1S/C14H18Cl2O4S/c1-11-2-3-13(12(15)8-11)20-9-14(10-21(16,17)18)4-6-19-7-5-14/h2-3,8H,4-7,9-10H2,1H3. The summed E-state index contributed by atoms with van der Waals surface area (Å²) in [6.07, 6.45) is 1.20. The van der Waals surface area contributed by atoms with Gasteiger partial charge >= 0.3 is 0 Å². The second kappa shape index (κ2) is 6.73. The molecule has 0 N–H and O–H groups in total. The minimum Gasteiger partial charge on any atom is -0.491 e. The molecule has 1 aliphatic rings. The number of rotatable bonds is 5. The van der Waals surface area contributed by atoms with Crippen LogP contribution >= 0.6 is 22.3 Å². The lowest BCUT2D eigenvalue weighted by Gasteiger charge is -2.35. The van der Waals surface area contributed by atoms with Crippen molar-refractivity contribution in [2.75, 3.05) is 25.6 Å². The smallest absolute Gasteiger partial charge is 0.233 e. The van der Waals surface area contributed by atoms with Gasteiger partial charge in [-0.3, -0.25) is 0 Å². The summed E-state index contributed by atoms with van der Waals surface area (Å²) in [4.78, 5) is 0. The Morgan fingerprint density at radius 3 is 2.57 bits per heavy atom. The van der Waals surface area contributed by atoms with Gasteiger partial charge in [0.25, 0.3) is 0 Å². The average Bonchev–Trinajstić information content (AvgIpc) is 2.37. The Bertz CT molecular complexity index is 595. The van der Waals surface area contributed by atoms with E-state index in [1.807, 2.05) is 19.1 Å². The second-order valence-corrected chi connectivity index (χ2v) is 8.70. The van der Waals surface area contributed by atoms with Gasteiger partial charge in [0, 0.05) is 29.3 Å². The molecule has 1 heterocycles. The quantitative estimate of drug-likeness (QED) is 0.762. The van der Waals surface area contributed by atoms with Gasteiger partial charge in [0.2, 0.25) is 9.05 Å². The molecule has 21 heavy (non-hydrogen) atoms. The van der Waals surface area contributed by atoms with Gasteiger partial charge in [0.15, 0.2) is 0 Å². The van der Waals surface area contributed by atoms with E-state index < -0.39 is 14.5 Å². The fourth-order valence-electron chi connectivity index (χ4n) is 2.45. The molecule has 0 radical (unpaired) electrons. The van der Waals surface area contributed by atoms with Crippen molar-refractivity contribution in [3.63, 3.8) is 0 Å². The molecule has 0 aliphatic carbocycles. The van der Waals surface area contributed by atoms with Crippen molar-refractivity contribution in [3.8, 4) is 5.75 Å². The fourth-order valence-corrected chi connectivity index (χ4v) is 4.54. The Kier molecular flexibility index (Phi) is 5.41. The average molecular weight is 353 g/mol. The molecule has 1 aliphatic heterocycles. The van der Waals surface area contributed by atoms with Crippen molar-refractivity contribution in [2.24, 2.45) is 5.41 Å². The highest BCUT2D eigenvalue weighted by atomic mass is 35.7. The summed E-state index contributed by atoms with van der Waals surface area (Å²) in [5.74, 6) is 0.439. The number of ether oxygens (including phenoxy) is 2. The van der Waals surface area contributed by atoms with Crippen LogP contribution in [0.4, 0.5) is 0 Å². The van der Waals surface area contributed by atoms with Gasteiger partial charge in [-0.15, -0.1) is 0 Å². The molecule has 0 spiro atoms. The number of hydrogen-bond acceptors (Lipinski definition) is 4. The highest BCUT2D eigenvalue weighted by Crippen LogP contribution is 2.35. The predicted octanol–water partition coefficient (Wildman–Crippen LogP) is 3.39. The highest BCUT2D eigenvalue weighted by Gasteiger charge is 2.37. The minimum atomic E-state index is -3.60. The van der Waals surface area contributed by atoms with Crippen LogP contribution in [0.15, 0.2) is 18.2 Å². The summed E-state index contributed by atoms with van der Waals surface area (Å²) in [7, 11) is 1.84. The second-order valence-electron chi connectivity index (χ2n) is 5.52. The van der Waals surface area contributed by atoms with Gasteiger partial charge in [-0.2, -0.15) is 0 Å². The molecule has 1 saturated heterocycles. The first-order valence-electron chi connectivity index (χ1n) is 6.69. The van der Waals surface area contributed by atoms with Gasteiger partial charge in [0.05, 0.1) is 17.4 Å². The Morgan fingerprint density at radius 1 is 1.33 bits per heavy atom. The van der Waals surface area contributed by atoms with Gasteiger partial charge in [-0.25, -0.2) is 8.42 Å². The summed E-state index contributed by atoms with van der Waals surface area (Å²) in [5, 5.41) is 0.519. The number of aryl methyl sites for hydroxylation is 1. The Morgan fingerprint density at radius 2 is 2.00 bits per heavy atom. The zero-order valence-corrected chi connectivity index (χ0v) is 14.1. The normalized spacial score (nSPS) is 18.4. The minimum absolute atomic E-state index is 0.117. The van der Waals surface area contributed by atoms with Crippen LogP contribution < -0.4 is 4.74 Å². The summed E-state index contributed by atoms with van der Waals surface area (Å²) in [5.41, 5.74) is 0.518. The summed E-state index contributed by atoms with van der Waals surface area (Å²) < 4.78 is 34.0. The Labute approximate surface area is 134 Å². The molecule has 0 aromatic heterocycles. The van der Waals surface area contributed by atoms with Gasteiger partial charge in [-0.05, 0) is 37.5 Å². The lowest BCUT2D eigenvalue weighted by Crippen LogP contribution is -2.40. The van der Waals surface area contributed by atoms with Crippen molar-refractivity contribution >= 4 is 31.3 Å². The first kappa shape index (κ1) is 16.9. The van der Waals surface area contributed by atoms with Crippen LogP contribution in [0, 0.1) is 12.3 Å². The van der Waals surface area contributed by atoms with Crippen LogP contribution in [0.5, 0.6) is 5.75 Å². The fraction of sp³-hybridized carbons (Fsp3) is 0.571. The molecule has 118 valence electrons. The molecule has 0 bridgehead atoms. The van der Waals surface area contributed by atoms with Gasteiger partial charge < -0.3 is 9.47 Å². The van der Waals surface area contributed by atoms with E-state index in [1.165, 1.54) is 0 Å². The van der Waals surface area contributed by atoms with E-state index in [0.29, 0.717) is 36.8 Å². The Balaban J connectivity index is 2.12. The molecular formula is C14H18Cl2O4S. The van der Waals surface area contributed by atoms with E-state index in [4.69, 9.17) is 31.8 Å². The summed E-state index contributed by atoms with van der Waals surface area (Å²) in [6.45, 7) is 3.22. The number of benzene rings is 1. The third kappa shape index (κ3) is 5.02. The summed E-state index contributed by atoms with van der Waals surface area (Å²) in [6, 6.07) is 5.50. The van der Waals surface area contributed by atoms with Crippen LogP contribution in [-0.4, -0.2) is 34.0 Å². The van der Waals surface area contributed by atoms with Crippen molar-refractivity contribution in [3.05, 3.63) is 28.8 Å².